The Bertz CT molecular complexity index is 640. The first-order chi connectivity index (χ1) is 10.1. The topological polar surface area (TPSA) is 97.3 Å². The summed E-state index contributed by atoms with van der Waals surface area (Å²) in [5.74, 6) is 0.408. The van der Waals surface area contributed by atoms with Gasteiger partial charge in [0.1, 0.15) is 5.54 Å². The normalized spacial score (nSPS) is 34.3. The Morgan fingerprint density at radius 1 is 1.38 bits per heavy atom. The fourth-order valence-corrected chi connectivity index (χ4v) is 3.25. The fraction of sp³-hybridized carbons (Fsp3) is 0.462. The van der Waals surface area contributed by atoms with Gasteiger partial charge in [0.05, 0.1) is 12.7 Å². The smallest absolute Gasteiger partial charge is 0.411 e. The molecule has 2 bridgehead atoms. The van der Waals surface area contributed by atoms with Crippen LogP contribution in [0.15, 0.2) is 24.7 Å². The van der Waals surface area contributed by atoms with Crippen LogP contribution in [-0.2, 0) is 9.53 Å². The second-order valence-corrected chi connectivity index (χ2v) is 5.60. The number of cyclic esters (lactones) is 1. The third-order valence-corrected chi connectivity index (χ3v) is 4.47. The van der Waals surface area contributed by atoms with Crippen molar-refractivity contribution in [3.05, 3.63) is 30.5 Å². The molecule has 1 aromatic rings. The molecule has 2 amide bonds. The van der Waals surface area contributed by atoms with E-state index < -0.39 is 17.7 Å². The molecule has 0 radical (unpaired) electrons. The number of hydrogen-bond acceptors (Lipinski definition) is 6. The summed E-state index contributed by atoms with van der Waals surface area (Å²) in [4.78, 5) is 30.0. The van der Waals surface area contributed by atoms with Crippen molar-refractivity contribution in [3.63, 3.8) is 0 Å². The van der Waals surface area contributed by atoms with E-state index in [4.69, 9.17) is 4.74 Å². The van der Waals surface area contributed by atoms with Gasteiger partial charge in [0.25, 0.3) is 0 Å². The van der Waals surface area contributed by atoms with Crippen LogP contribution in [0.3, 0.4) is 0 Å². The predicted molar refractivity (Wildman–Crippen MR) is 68.5 cm³/mol. The van der Waals surface area contributed by atoms with E-state index in [2.05, 4.69) is 27.1 Å². The minimum atomic E-state index is -0.806. The van der Waals surface area contributed by atoms with Crippen LogP contribution < -0.4 is 5.32 Å². The Labute approximate surface area is 120 Å². The summed E-state index contributed by atoms with van der Waals surface area (Å²) in [6, 6.07) is 0. The van der Waals surface area contributed by atoms with Crippen LogP contribution in [0.2, 0.25) is 0 Å². The average molecular weight is 287 g/mol. The van der Waals surface area contributed by atoms with Crippen LogP contribution in [0.25, 0.3) is 0 Å². The molecule has 8 heteroatoms. The molecule has 3 aliphatic heterocycles. The van der Waals surface area contributed by atoms with Gasteiger partial charge in [0.2, 0.25) is 5.91 Å². The summed E-state index contributed by atoms with van der Waals surface area (Å²) >= 11 is 0. The van der Waals surface area contributed by atoms with Gasteiger partial charge in [0.15, 0.2) is 11.9 Å². The minimum absolute atomic E-state index is 0.181. The maximum absolute atomic E-state index is 12.3. The Morgan fingerprint density at radius 2 is 2.19 bits per heavy atom. The molecule has 0 aromatic carbocycles. The molecule has 0 spiro atoms. The lowest BCUT2D eigenvalue weighted by molar-refractivity contribution is -0.143. The van der Waals surface area contributed by atoms with Crippen LogP contribution in [0.4, 0.5) is 4.79 Å². The molecule has 1 N–H and O–H groups in total. The monoisotopic (exact) mass is 287 g/mol. The van der Waals surface area contributed by atoms with Gasteiger partial charge in [-0.15, -0.1) is 5.10 Å². The largest absolute Gasteiger partial charge is 0.436 e. The van der Waals surface area contributed by atoms with E-state index in [1.165, 1.54) is 17.3 Å². The summed E-state index contributed by atoms with van der Waals surface area (Å²) in [5, 5.41) is 10.3. The van der Waals surface area contributed by atoms with Crippen molar-refractivity contribution in [2.24, 2.45) is 5.92 Å². The van der Waals surface area contributed by atoms with Crippen LogP contribution in [0.1, 0.15) is 24.8 Å². The van der Waals surface area contributed by atoms with Crippen LogP contribution in [-0.4, -0.2) is 44.2 Å². The number of ether oxygens (including phenoxy) is 1. The summed E-state index contributed by atoms with van der Waals surface area (Å²) < 4.78 is 5.30. The first-order valence-corrected chi connectivity index (χ1v) is 6.72. The molecule has 5 rings (SSSR count). The molecule has 4 fully saturated rings. The Balaban J connectivity index is 1.59. The van der Waals surface area contributed by atoms with Crippen molar-refractivity contribution in [1.29, 1.82) is 0 Å². The number of nitrogens with one attached hydrogen (secondary N) is 1. The molecule has 4 heterocycles. The minimum Gasteiger partial charge on any atom is -0.436 e. The molecule has 1 aliphatic carbocycles. The van der Waals surface area contributed by atoms with Crippen molar-refractivity contribution in [2.45, 2.75) is 24.5 Å². The zero-order chi connectivity index (χ0) is 14.6. The van der Waals surface area contributed by atoms with Gasteiger partial charge >= 0.3 is 6.09 Å². The highest BCUT2D eigenvalue weighted by Crippen LogP contribution is 2.50. The maximum Gasteiger partial charge on any atom is 0.411 e. The lowest BCUT2D eigenvalue weighted by atomic mass is 9.62. The highest BCUT2D eigenvalue weighted by atomic mass is 16.6. The molecule has 1 unspecified atom stereocenters. The van der Waals surface area contributed by atoms with E-state index in [-0.39, 0.29) is 18.4 Å². The zero-order valence-corrected chi connectivity index (χ0v) is 11.2. The molecule has 108 valence electrons. The number of rotatable bonds is 2. The SMILES string of the molecule is C=C1NC(=O)C2(N3CC(c4nccnn4)OC3=O)CC1C2. The Kier molecular flexibility index (Phi) is 2.33. The third kappa shape index (κ3) is 1.58. The first kappa shape index (κ1) is 12.2. The van der Waals surface area contributed by atoms with Crippen LogP contribution in [0, 0.1) is 5.92 Å². The average Bonchev–Trinajstić information content (AvgIpc) is 2.81. The van der Waals surface area contributed by atoms with Gasteiger partial charge in [-0.3, -0.25) is 9.69 Å². The Hall–Kier alpha value is -2.51. The third-order valence-electron chi connectivity index (χ3n) is 4.47. The first-order valence-electron chi connectivity index (χ1n) is 6.72. The lowest BCUT2D eigenvalue weighted by Crippen LogP contribution is -2.70. The number of carbonyl (C=O) groups excluding carboxylic acids is 2. The molecule has 1 atom stereocenters. The second-order valence-electron chi connectivity index (χ2n) is 5.60. The molecule has 4 aliphatic rings. The number of carbonyl (C=O) groups is 2. The van der Waals surface area contributed by atoms with Gasteiger partial charge in [-0.05, 0) is 12.8 Å². The highest BCUT2D eigenvalue weighted by Gasteiger charge is 2.62. The maximum atomic E-state index is 12.3. The number of nitrogens with zero attached hydrogens (tertiary/aromatic N) is 4. The standard InChI is InChI=1S/C13H13N5O3/c1-7-8-4-13(5-8,11(19)16-7)18-6-9(21-12(18)20)10-14-2-3-15-17-10/h2-3,8-9H,1,4-6H2,(H,16,19). The van der Waals surface area contributed by atoms with E-state index in [1.54, 1.807) is 0 Å². The predicted octanol–water partition coefficient (Wildman–Crippen LogP) is 0.157. The van der Waals surface area contributed by atoms with Gasteiger partial charge in [-0.2, -0.15) is 5.10 Å². The number of amides is 2. The summed E-state index contributed by atoms with van der Waals surface area (Å²) in [5.41, 5.74) is -0.0681. The van der Waals surface area contributed by atoms with E-state index in [0.29, 0.717) is 18.7 Å². The Morgan fingerprint density at radius 3 is 2.86 bits per heavy atom. The van der Waals surface area contributed by atoms with Crippen molar-refractivity contribution < 1.29 is 14.3 Å². The van der Waals surface area contributed by atoms with E-state index >= 15 is 0 Å². The molecule has 21 heavy (non-hydrogen) atoms. The molecule has 1 saturated carbocycles. The zero-order valence-electron chi connectivity index (χ0n) is 11.2. The quantitative estimate of drug-likeness (QED) is 0.832. The number of hydrogen-bond donors (Lipinski definition) is 1. The second kappa shape index (κ2) is 4.00. The molecule has 3 saturated heterocycles. The van der Waals surface area contributed by atoms with Crippen LogP contribution in [0.5, 0.6) is 0 Å². The van der Waals surface area contributed by atoms with Crippen molar-refractivity contribution >= 4 is 12.0 Å². The number of aromatic nitrogens is 3. The summed E-state index contributed by atoms with van der Waals surface area (Å²) in [7, 11) is 0. The lowest BCUT2D eigenvalue weighted by Gasteiger charge is -2.54. The molecular formula is C13H13N5O3. The van der Waals surface area contributed by atoms with E-state index in [0.717, 1.165) is 5.70 Å². The van der Waals surface area contributed by atoms with Gasteiger partial charge in [0, 0.05) is 17.8 Å². The number of allylic oxidation sites excluding steroid dienone is 1. The van der Waals surface area contributed by atoms with Gasteiger partial charge < -0.3 is 10.1 Å². The van der Waals surface area contributed by atoms with Crippen molar-refractivity contribution in [2.75, 3.05) is 6.54 Å². The summed E-state index contributed by atoms with van der Waals surface area (Å²) in [6.45, 7) is 4.09. The van der Waals surface area contributed by atoms with E-state index in [1.807, 2.05) is 0 Å². The molecule has 8 nitrogen and oxygen atoms in total. The molecular weight excluding hydrogens is 274 g/mol. The number of fused-ring (bicyclic) bond motifs is 2. The fourth-order valence-electron chi connectivity index (χ4n) is 3.25. The van der Waals surface area contributed by atoms with Crippen molar-refractivity contribution in [3.8, 4) is 0 Å². The highest BCUT2D eigenvalue weighted by molar-refractivity contribution is 5.94. The summed E-state index contributed by atoms with van der Waals surface area (Å²) in [6.07, 6.45) is 3.06. The van der Waals surface area contributed by atoms with Gasteiger partial charge in [-0.1, -0.05) is 6.58 Å². The van der Waals surface area contributed by atoms with Crippen molar-refractivity contribution in [1.82, 2.24) is 25.4 Å². The van der Waals surface area contributed by atoms with Crippen LogP contribution >= 0.6 is 0 Å². The number of piperidine rings is 2. The molecule has 1 aromatic heterocycles. The van der Waals surface area contributed by atoms with E-state index in [9.17, 15) is 9.59 Å². The van der Waals surface area contributed by atoms with Gasteiger partial charge in [-0.25, -0.2) is 9.78 Å².